The molecule has 82 valence electrons. The van der Waals surface area contributed by atoms with E-state index in [1.54, 1.807) is 30.3 Å². The maximum Gasteiger partial charge on any atom is 0.484 e. The zero-order chi connectivity index (χ0) is 11.5. The summed E-state index contributed by atoms with van der Waals surface area (Å²) in [5, 5.41) is 0.978. The van der Waals surface area contributed by atoms with Crippen LogP contribution in [0.25, 0.3) is 0 Å². The quantitative estimate of drug-likeness (QED) is 0.757. The third-order valence-corrected chi connectivity index (χ3v) is 1.96. The molecule has 1 unspecified atom stereocenters. The molecule has 0 aliphatic carbocycles. The van der Waals surface area contributed by atoms with Crippen molar-refractivity contribution in [2.24, 2.45) is 0 Å². The van der Waals surface area contributed by atoms with Crippen molar-refractivity contribution < 1.29 is 18.0 Å². The minimum absolute atomic E-state index is 0.555. The first-order valence-electron chi connectivity index (χ1n) is 4.34. The van der Waals surface area contributed by atoms with Crippen LogP contribution in [0.1, 0.15) is 18.4 Å². The Hall–Kier alpha value is -1.52. The van der Waals surface area contributed by atoms with Crippen LogP contribution < -0.4 is 5.32 Å². The topological polar surface area (TPSA) is 29.1 Å². The number of carbonyl (C=O) groups excluding carboxylic acids is 1. The molecule has 0 fully saturated rings. The summed E-state index contributed by atoms with van der Waals surface area (Å²) in [6, 6.07) is 8.30. The SMILES string of the molecule is CC(C(=O)NC(F)(F)F)c1ccccc1. The Morgan fingerprint density at radius 2 is 1.80 bits per heavy atom. The Morgan fingerprint density at radius 3 is 2.27 bits per heavy atom. The summed E-state index contributed by atoms with van der Waals surface area (Å²) >= 11 is 0. The van der Waals surface area contributed by atoms with Gasteiger partial charge in [0.2, 0.25) is 5.91 Å². The monoisotopic (exact) mass is 217 g/mol. The van der Waals surface area contributed by atoms with Gasteiger partial charge in [-0.25, -0.2) is 0 Å². The molecule has 1 aromatic carbocycles. The van der Waals surface area contributed by atoms with Crippen molar-refractivity contribution in [1.29, 1.82) is 0 Å². The largest absolute Gasteiger partial charge is 0.484 e. The lowest BCUT2D eigenvalue weighted by atomic mass is 10.0. The average molecular weight is 217 g/mol. The normalized spacial score (nSPS) is 13.3. The number of alkyl halides is 3. The third-order valence-electron chi connectivity index (χ3n) is 1.96. The number of hydrogen-bond donors (Lipinski definition) is 1. The van der Waals surface area contributed by atoms with E-state index < -0.39 is 18.1 Å². The molecule has 1 N–H and O–H groups in total. The van der Waals surface area contributed by atoms with Gasteiger partial charge in [0.15, 0.2) is 0 Å². The smallest absolute Gasteiger partial charge is 0.274 e. The first kappa shape index (κ1) is 11.6. The van der Waals surface area contributed by atoms with Crippen LogP contribution in [0.2, 0.25) is 0 Å². The maximum atomic E-state index is 11.9. The Morgan fingerprint density at radius 1 is 1.27 bits per heavy atom. The van der Waals surface area contributed by atoms with E-state index in [0.717, 1.165) is 5.32 Å². The van der Waals surface area contributed by atoms with Gasteiger partial charge in [0, 0.05) is 0 Å². The number of amides is 1. The fraction of sp³-hybridized carbons (Fsp3) is 0.300. The molecule has 15 heavy (non-hydrogen) atoms. The molecule has 0 spiro atoms. The Labute approximate surface area is 85.1 Å². The first-order valence-corrected chi connectivity index (χ1v) is 4.34. The van der Waals surface area contributed by atoms with Gasteiger partial charge >= 0.3 is 6.30 Å². The van der Waals surface area contributed by atoms with Crippen LogP contribution in [-0.2, 0) is 4.79 Å². The van der Waals surface area contributed by atoms with Crippen molar-refractivity contribution in [3.05, 3.63) is 35.9 Å². The molecule has 1 amide bonds. The Bertz CT molecular complexity index is 334. The van der Waals surface area contributed by atoms with Crippen molar-refractivity contribution >= 4 is 5.91 Å². The summed E-state index contributed by atoms with van der Waals surface area (Å²) in [7, 11) is 0. The second-order valence-corrected chi connectivity index (χ2v) is 3.12. The van der Waals surface area contributed by atoms with Crippen molar-refractivity contribution in [1.82, 2.24) is 5.32 Å². The van der Waals surface area contributed by atoms with Crippen LogP contribution in [0.4, 0.5) is 13.2 Å². The highest BCUT2D eigenvalue weighted by Crippen LogP contribution is 2.17. The second kappa shape index (κ2) is 4.33. The molecule has 5 heteroatoms. The molecule has 0 saturated heterocycles. The second-order valence-electron chi connectivity index (χ2n) is 3.12. The van der Waals surface area contributed by atoms with E-state index in [1.807, 2.05) is 0 Å². The van der Waals surface area contributed by atoms with Gasteiger partial charge in [0.25, 0.3) is 0 Å². The number of rotatable bonds is 2. The molecule has 0 saturated carbocycles. The summed E-state index contributed by atoms with van der Waals surface area (Å²) in [6.45, 7) is 1.43. The van der Waals surface area contributed by atoms with Gasteiger partial charge < -0.3 is 0 Å². The number of benzene rings is 1. The van der Waals surface area contributed by atoms with Crippen molar-refractivity contribution in [2.45, 2.75) is 19.1 Å². The Balaban J connectivity index is 2.70. The van der Waals surface area contributed by atoms with Crippen LogP contribution in [0, 0.1) is 0 Å². The van der Waals surface area contributed by atoms with E-state index in [2.05, 4.69) is 0 Å². The van der Waals surface area contributed by atoms with E-state index in [-0.39, 0.29) is 0 Å². The summed E-state index contributed by atoms with van der Waals surface area (Å²) < 4.78 is 35.6. The molecule has 0 aliphatic rings. The van der Waals surface area contributed by atoms with Crippen molar-refractivity contribution in [3.8, 4) is 0 Å². The standard InChI is InChI=1S/C10H10F3NO/c1-7(8-5-3-2-4-6-8)9(15)14-10(11,12)13/h2-7H,1H3,(H,14,15). The third kappa shape index (κ3) is 3.61. The van der Waals surface area contributed by atoms with E-state index in [0.29, 0.717) is 5.56 Å². The molecule has 0 radical (unpaired) electrons. The lowest BCUT2D eigenvalue weighted by molar-refractivity contribution is -0.170. The predicted molar refractivity (Wildman–Crippen MR) is 49.1 cm³/mol. The van der Waals surface area contributed by atoms with Gasteiger partial charge in [-0.3, -0.25) is 10.1 Å². The minimum Gasteiger partial charge on any atom is -0.274 e. The molecule has 0 aromatic heterocycles. The van der Waals surface area contributed by atoms with E-state index in [1.165, 1.54) is 6.92 Å². The predicted octanol–water partition coefficient (Wildman–Crippen LogP) is 2.43. The average Bonchev–Trinajstić information content (AvgIpc) is 2.15. The molecule has 0 aliphatic heterocycles. The maximum absolute atomic E-state index is 11.9. The molecule has 2 nitrogen and oxygen atoms in total. The van der Waals surface area contributed by atoms with Gasteiger partial charge in [-0.15, -0.1) is 0 Å². The van der Waals surface area contributed by atoms with Crippen LogP contribution in [0.15, 0.2) is 30.3 Å². The fourth-order valence-corrected chi connectivity index (χ4v) is 1.14. The number of nitrogens with one attached hydrogen (secondary N) is 1. The van der Waals surface area contributed by atoms with Crippen LogP contribution in [0.3, 0.4) is 0 Å². The van der Waals surface area contributed by atoms with Gasteiger partial charge in [-0.1, -0.05) is 30.3 Å². The van der Waals surface area contributed by atoms with Gasteiger partial charge in [-0.05, 0) is 12.5 Å². The molecule has 1 rings (SSSR count). The fourth-order valence-electron chi connectivity index (χ4n) is 1.14. The number of hydrogen-bond acceptors (Lipinski definition) is 1. The summed E-state index contributed by atoms with van der Waals surface area (Å²) in [5.41, 5.74) is 0.555. The van der Waals surface area contributed by atoms with Crippen molar-refractivity contribution in [3.63, 3.8) is 0 Å². The highest BCUT2D eigenvalue weighted by atomic mass is 19.4. The molecule has 1 atom stereocenters. The number of halogens is 3. The highest BCUT2D eigenvalue weighted by molar-refractivity contribution is 5.83. The molecule has 0 heterocycles. The molecule has 0 bridgehead atoms. The minimum atomic E-state index is -4.67. The lowest BCUT2D eigenvalue weighted by Gasteiger charge is -2.14. The Kier molecular flexibility index (Phi) is 3.34. The van der Waals surface area contributed by atoms with E-state index >= 15 is 0 Å². The summed E-state index contributed by atoms with van der Waals surface area (Å²) in [5.74, 6) is -1.86. The lowest BCUT2D eigenvalue weighted by Crippen LogP contribution is -2.39. The van der Waals surface area contributed by atoms with E-state index in [9.17, 15) is 18.0 Å². The highest BCUT2D eigenvalue weighted by Gasteiger charge is 2.32. The first-order chi connectivity index (χ1) is 6.90. The molecular weight excluding hydrogens is 207 g/mol. The molecule has 1 aromatic rings. The van der Waals surface area contributed by atoms with Crippen LogP contribution in [-0.4, -0.2) is 12.2 Å². The molecular formula is C10H10F3NO. The zero-order valence-corrected chi connectivity index (χ0v) is 8.01. The zero-order valence-electron chi connectivity index (χ0n) is 8.01. The summed E-state index contributed by atoms with van der Waals surface area (Å²) in [4.78, 5) is 11.1. The van der Waals surface area contributed by atoms with Gasteiger partial charge in [0.1, 0.15) is 0 Å². The number of carbonyl (C=O) groups is 1. The van der Waals surface area contributed by atoms with Crippen LogP contribution >= 0.6 is 0 Å². The van der Waals surface area contributed by atoms with Crippen LogP contribution in [0.5, 0.6) is 0 Å². The van der Waals surface area contributed by atoms with Crippen molar-refractivity contribution in [2.75, 3.05) is 0 Å². The summed E-state index contributed by atoms with van der Waals surface area (Å²) in [6.07, 6.45) is -4.67. The van der Waals surface area contributed by atoms with Gasteiger partial charge in [-0.2, -0.15) is 13.2 Å². The van der Waals surface area contributed by atoms with E-state index in [4.69, 9.17) is 0 Å². The van der Waals surface area contributed by atoms with Gasteiger partial charge in [0.05, 0.1) is 5.92 Å².